The second-order valence-corrected chi connectivity index (χ2v) is 12.0. The summed E-state index contributed by atoms with van der Waals surface area (Å²) in [5, 5.41) is 9.27. The number of halogens is 2. The van der Waals surface area contributed by atoms with E-state index in [1.807, 2.05) is 30.9 Å². The number of nitrogens with zero attached hydrogens (tertiary/aromatic N) is 4. The Labute approximate surface area is 258 Å². The van der Waals surface area contributed by atoms with E-state index >= 15 is 0 Å². The number of carbonyl (C=O) groups excluding carboxylic acids is 2. The van der Waals surface area contributed by atoms with Crippen molar-refractivity contribution in [3.63, 3.8) is 0 Å². The Balaban J connectivity index is 1.62. The van der Waals surface area contributed by atoms with Crippen molar-refractivity contribution in [2.45, 2.75) is 32.5 Å². The zero-order chi connectivity index (χ0) is 30.5. The summed E-state index contributed by atoms with van der Waals surface area (Å²) in [6.45, 7) is 6.19. The molecule has 2 aliphatic heterocycles. The van der Waals surface area contributed by atoms with Gasteiger partial charge >= 0.3 is 0 Å². The zero-order valence-corrected chi connectivity index (χ0v) is 25.4. The van der Waals surface area contributed by atoms with Crippen LogP contribution in [0, 0.1) is 0 Å². The lowest BCUT2D eigenvalue weighted by Gasteiger charge is -2.41. The van der Waals surface area contributed by atoms with Crippen molar-refractivity contribution in [2.75, 3.05) is 26.9 Å². The van der Waals surface area contributed by atoms with E-state index in [9.17, 15) is 9.59 Å². The lowest BCUT2D eigenvalue weighted by Crippen LogP contribution is -2.55. The first-order chi connectivity index (χ1) is 20.6. The molecular formula is C31H30Cl2N6O4. The number of benzene rings is 2. The van der Waals surface area contributed by atoms with Crippen molar-refractivity contribution in [1.29, 1.82) is 0 Å². The van der Waals surface area contributed by atoms with Gasteiger partial charge in [-0.15, -0.1) is 0 Å². The van der Waals surface area contributed by atoms with Crippen LogP contribution in [0.25, 0.3) is 28.1 Å². The molecule has 0 radical (unpaired) electrons. The van der Waals surface area contributed by atoms with Crippen LogP contribution in [0.15, 0.2) is 48.8 Å². The largest absolute Gasteiger partial charge is 0.496 e. The molecule has 4 aromatic rings. The van der Waals surface area contributed by atoms with Gasteiger partial charge in [-0.25, -0.2) is 4.68 Å². The summed E-state index contributed by atoms with van der Waals surface area (Å²) in [7, 11) is 1.59. The van der Waals surface area contributed by atoms with E-state index in [1.165, 1.54) is 6.20 Å². The Hall–Kier alpha value is -3.96. The number of ether oxygens (including phenoxy) is 2. The molecule has 2 aromatic carbocycles. The Kier molecular flexibility index (Phi) is 7.64. The van der Waals surface area contributed by atoms with Gasteiger partial charge < -0.3 is 25.4 Å². The van der Waals surface area contributed by atoms with Crippen LogP contribution in [0.5, 0.6) is 5.75 Å². The fourth-order valence-corrected chi connectivity index (χ4v) is 6.22. The Morgan fingerprint density at radius 3 is 2.51 bits per heavy atom. The lowest BCUT2D eigenvalue weighted by atomic mass is 9.94. The number of hydrogen-bond donors (Lipinski definition) is 2. The number of hydrogen-bond acceptors (Lipinski definition) is 7. The third kappa shape index (κ3) is 5.36. The average Bonchev–Trinajstić information content (AvgIpc) is 3.25. The highest BCUT2D eigenvalue weighted by atomic mass is 35.5. The lowest BCUT2D eigenvalue weighted by molar-refractivity contribution is -0.0373. The van der Waals surface area contributed by atoms with E-state index in [0.29, 0.717) is 71.2 Å². The third-order valence-corrected chi connectivity index (χ3v) is 8.24. The number of primary amides is 1. The van der Waals surface area contributed by atoms with Gasteiger partial charge in [0.25, 0.3) is 5.91 Å². The molecular weight excluding hydrogens is 591 g/mol. The summed E-state index contributed by atoms with van der Waals surface area (Å²) < 4.78 is 13.2. The minimum atomic E-state index is -0.584. The van der Waals surface area contributed by atoms with Gasteiger partial charge in [0, 0.05) is 64.3 Å². The van der Waals surface area contributed by atoms with Gasteiger partial charge in [0.1, 0.15) is 5.75 Å². The molecule has 4 heterocycles. The van der Waals surface area contributed by atoms with Gasteiger partial charge in [-0.05, 0) is 55.8 Å². The molecule has 0 saturated carbocycles. The number of morpholine rings is 1. The first-order valence-electron chi connectivity index (χ1n) is 13.7. The van der Waals surface area contributed by atoms with Gasteiger partial charge in [0.15, 0.2) is 5.69 Å². The fraction of sp³-hybridized carbons (Fsp3) is 0.290. The number of aromatic nitrogens is 3. The summed E-state index contributed by atoms with van der Waals surface area (Å²) >= 11 is 12.9. The van der Waals surface area contributed by atoms with E-state index in [2.05, 4.69) is 10.3 Å². The van der Waals surface area contributed by atoms with Crippen molar-refractivity contribution >= 4 is 35.0 Å². The number of nitrogens with two attached hydrogens (primary N) is 1. The van der Waals surface area contributed by atoms with Gasteiger partial charge in [-0.2, -0.15) is 5.10 Å². The molecule has 1 fully saturated rings. The second kappa shape index (κ2) is 11.3. The molecule has 10 nitrogen and oxygen atoms in total. The highest BCUT2D eigenvalue weighted by molar-refractivity contribution is 6.34. The quantitative estimate of drug-likeness (QED) is 0.326. The van der Waals surface area contributed by atoms with Crippen LogP contribution in [0.3, 0.4) is 0 Å². The molecule has 12 heteroatoms. The van der Waals surface area contributed by atoms with Crippen molar-refractivity contribution in [3.8, 4) is 33.8 Å². The summed E-state index contributed by atoms with van der Waals surface area (Å²) in [6, 6.07) is 10.8. The normalized spacial score (nSPS) is 15.8. The van der Waals surface area contributed by atoms with Crippen molar-refractivity contribution in [1.82, 2.24) is 25.0 Å². The Bertz CT molecular complexity index is 1750. The predicted octanol–water partition coefficient (Wildman–Crippen LogP) is 4.87. The maximum Gasteiger partial charge on any atom is 0.275 e. The Morgan fingerprint density at radius 1 is 1.05 bits per heavy atom. The number of nitrogens with one attached hydrogen (secondary N) is 1. The summed E-state index contributed by atoms with van der Waals surface area (Å²) in [5.41, 5.74) is 10.8. The minimum Gasteiger partial charge on any atom is -0.496 e. The molecule has 222 valence electrons. The van der Waals surface area contributed by atoms with Crippen LogP contribution >= 0.6 is 23.2 Å². The highest BCUT2D eigenvalue weighted by Gasteiger charge is 2.38. The van der Waals surface area contributed by atoms with Gasteiger partial charge in [-0.3, -0.25) is 14.6 Å². The van der Waals surface area contributed by atoms with Crippen LogP contribution in [-0.2, 0) is 17.8 Å². The molecule has 2 amide bonds. The summed E-state index contributed by atoms with van der Waals surface area (Å²) in [6.07, 6.45) is 3.07. The Morgan fingerprint density at radius 2 is 1.81 bits per heavy atom. The van der Waals surface area contributed by atoms with Crippen LogP contribution < -0.4 is 15.8 Å². The van der Waals surface area contributed by atoms with Gasteiger partial charge in [0.2, 0.25) is 5.91 Å². The summed E-state index contributed by atoms with van der Waals surface area (Å²) in [5.74, 6) is -0.177. The van der Waals surface area contributed by atoms with E-state index in [-0.39, 0.29) is 11.5 Å². The fourth-order valence-electron chi connectivity index (χ4n) is 5.70. The summed E-state index contributed by atoms with van der Waals surface area (Å²) in [4.78, 5) is 32.2. The number of methoxy groups -OCH3 is 1. The SMILES string of the molecule is COc1cc2c(cc1-c1cncc(C(N)=O)c1)-c1c(c(C(=O)N3CCOCC3(C)C)nn1-c1cc(Cl)cc(Cl)c1)CNC2. The van der Waals surface area contributed by atoms with Crippen LogP contribution in [0.2, 0.25) is 10.0 Å². The molecule has 2 aliphatic rings. The van der Waals surface area contributed by atoms with E-state index in [4.69, 9.17) is 43.5 Å². The average molecular weight is 622 g/mol. The van der Waals surface area contributed by atoms with Gasteiger partial charge in [0.05, 0.1) is 42.8 Å². The molecule has 0 aliphatic carbocycles. The first kappa shape index (κ1) is 29.1. The van der Waals surface area contributed by atoms with Crippen molar-refractivity contribution in [2.24, 2.45) is 5.73 Å². The minimum absolute atomic E-state index is 0.186. The zero-order valence-electron chi connectivity index (χ0n) is 23.9. The standard InChI is InChI=1S/C31H30Cl2N6O4/c1-31(2)16-43-5-4-38(31)30(41)27-25-15-36-13-18-7-26(42-3)23(17-6-19(29(34)40)14-35-12-17)11-24(18)28(25)39(37-27)22-9-20(32)8-21(33)10-22/h6-12,14,36H,4-5,13,15-16H2,1-3H3,(H2,34,40). The predicted molar refractivity (Wildman–Crippen MR) is 164 cm³/mol. The first-order valence-corrected chi connectivity index (χ1v) is 14.5. The number of carbonyl (C=O) groups is 2. The van der Waals surface area contributed by atoms with E-state index in [1.54, 1.807) is 42.3 Å². The van der Waals surface area contributed by atoms with E-state index < -0.39 is 11.4 Å². The topological polar surface area (TPSA) is 125 Å². The molecule has 1 saturated heterocycles. The van der Waals surface area contributed by atoms with Crippen LogP contribution in [0.4, 0.5) is 0 Å². The molecule has 0 atom stereocenters. The third-order valence-electron chi connectivity index (χ3n) is 7.80. The smallest absolute Gasteiger partial charge is 0.275 e. The van der Waals surface area contributed by atoms with Crippen LogP contribution in [-0.4, -0.2) is 63.9 Å². The molecule has 0 spiro atoms. The van der Waals surface area contributed by atoms with Crippen molar-refractivity contribution < 1.29 is 19.1 Å². The molecule has 0 bridgehead atoms. The molecule has 3 N–H and O–H groups in total. The number of pyridine rings is 1. The van der Waals surface area contributed by atoms with E-state index in [0.717, 1.165) is 22.4 Å². The monoisotopic (exact) mass is 620 g/mol. The molecule has 2 aromatic heterocycles. The maximum atomic E-state index is 14.2. The number of amides is 2. The van der Waals surface area contributed by atoms with Crippen LogP contribution in [0.1, 0.15) is 45.8 Å². The van der Waals surface area contributed by atoms with Crippen molar-refractivity contribution in [3.05, 3.63) is 81.2 Å². The molecule has 6 rings (SSSR count). The molecule has 43 heavy (non-hydrogen) atoms. The van der Waals surface area contributed by atoms with Gasteiger partial charge in [-0.1, -0.05) is 23.2 Å². The molecule has 0 unspecified atom stereocenters. The second-order valence-electron chi connectivity index (χ2n) is 11.2. The highest BCUT2D eigenvalue weighted by Crippen LogP contribution is 2.42. The maximum absolute atomic E-state index is 14.2. The number of rotatable bonds is 5. The number of fused-ring (bicyclic) bond motifs is 3.